The lowest BCUT2D eigenvalue weighted by Crippen LogP contribution is -2.44. The molecule has 0 bridgehead atoms. The number of benzene rings is 1. The second-order valence-corrected chi connectivity index (χ2v) is 6.16. The summed E-state index contributed by atoms with van der Waals surface area (Å²) in [6.45, 7) is 8.48. The first-order chi connectivity index (χ1) is 9.93. The number of anilines is 3. The smallest absolute Gasteiger partial charge is 0.224 e. The van der Waals surface area contributed by atoms with Crippen LogP contribution in [-0.4, -0.2) is 18.0 Å². The molecular weight excluding hydrogens is 262 g/mol. The summed E-state index contributed by atoms with van der Waals surface area (Å²) in [5.41, 5.74) is 9.78. The summed E-state index contributed by atoms with van der Waals surface area (Å²) in [6.07, 6.45) is 4.17. The summed E-state index contributed by atoms with van der Waals surface area (Å²) in [4.78, 5) is 14.1. The van der Waals surface area contributed by atoms with Crippen LogP contribution in [0.2, 0.25) is 0 Å². The lowest BCUT2D eigenvalue weighted by Gasteiger charge is -2.42. The van der Waals surface area contributed by atoms with Crippen LogP contribution in [0.3, 0.4) is 0 Å². The topological polar surface area (TPSA) is 58.4 Å². The quantitative estimate of drug-likeness (QED) is 0.834. The summed E-state index contributed by atoms with van der Waals surface area (Å²) in [5, 5.41) is 2.91. The van der Waals surface area contributed by atoms with Crippen molar-refractivity contribution in [2.45, 2.75) is 65.5 Å². The van der Waals surface area contributed by atoms with Gasteiger partial charge in [0, 0.05) is 24.2 Å². The maximum absolute atomic E-state index is 11.7. The minimum atomic E-state index is -0.00348. The highest BCUT2D eigenvalue weighted by Gasteiger charge is 2.26. The third-order valence-electron chi connectivity index (χ3n) is 4.43. The average Bonchev–Trinajstić information content (AvgIpc) is 2.43. The number of rotatable bonds is 3. The van der Waals surface area contributed by atoms with Gasteiger partial charge in [0.2, 0.25) is 5.91 Å². The van der Waals surface area contributed by atoms with Gasteiger partial charge in [-0.25, -0.2) is 0 Å². The van der Waals surface area contributed by atoms with E-state index >= 15 is 0 Å². The number of nitrogens with two attached hydrogens (primary N) is 1. The van der Waals surface area contributed by atoms with Crippen LogP contribution in [0, 0.1) is 6.92 Å². The first-order valence-electron chi connectivity index (χ1n) is 7.92. The van der Waals surface area contributed by atoms with Crippen molar-refractivity contribution >= 4 is 23.0 Å². The SMILES string of the molecule is CCC(=O)Nc1cc(N2[C@H](C)CCC[C@@H]2C)c(C)cc1N. The van der Waals surface area contributed by atoms with Crippen LogP contribution >= 0.6 is 0 Å². The average molecular weight is 289 g/mol. The predicted molar refractivity (Wildman–Crippen MR) is 89.8 cm³/mol. The van der Waals surface area contributed by atoms with E-state index in [-0.39, 0.29) is 5.91 Å². The standard InChI is InChI=1S/C17H27N3O/c1-5-17(21)19-15-10-16(11(2)9-14(15)18)20-12(3)7-6-8-13(20)4/h9-10,12-13H,5-8,18H2,1-4H3,(H,19,21)/t12-,13+. The van der Waals surface area contributed by atoms with Crippen LogP contribution in [0.4, 0.5) is 17.1 Å². The van der Waals surface area contributed by atoms with Gasteiger partial charge in [-0.1, -0.05) is 6.92 Å². The Balaban J connectivity index is 2.38. The van der Waals surface area contributed by atoms with Crippen molar-refractivity contribution in [3.8, 4) is 0 Å². The summed E-state index contributed by atoms with van der Waals surface area (Å²) in [6, 6.07) is 5.04. The Morgan fingerprint density at radius 3 is 2.52 bits per heavy atom. The number of hydrogen-bond donors (Lipinski definition) is 2. The molecule has 2 rings (SSSR count). The number of carbonyl (C=O) groups is 1. The zero-order valence-corrected chi connectivity index (χ0v) is 13.6. The van der Waals surface area contributed by atoms with E-state index in [0.717, 1.165) is 5.69 Å². The second kappa shape index (κ2) is 6.37. The van der Waals surface area contributed by atoms with Crippen LogP contribution in [0.25, 0.3) is 0 Å². The number of amides is 1. The Kier molecular flexibility index (Phi) is 4.76. The highest BCUT2D eigenvalue weighted by molar-refractivity contribution is 5.94. The van der Waals surface area contributed by atoms with Crippen LogP contribution in [-0.2, 0) is 4.79 Å². The fraction of sp³-hybridized carbons (Fsp3) is 0.588. The normalized spacial score (nSPS) is 22.2. The Labute approximate surface area is 127 Å². The van der Waals surface area contributed by atoms with E-state index in [4.69, 9.17) is 5.73 Å². The zero-order valence-electron chi connectivity index (χ0n) is 13.6. The van der Waals surface area contributed by atoms with Gasteiger partial charge in [0.05, 0.1) is 11.4 Å². The van der Waals surface area contributed by atoms with Crippen molar-refractivity contribution in [1.29, 1.82) is 0 Å². The van der Waals surface area contributed by atoms with E-state index in [1.807, 2.05) is 19.1 Å². The van der Waals surface area contributed by atoms with Crippen LogP contribution < -0.4 is 16.0 Å². The van der Waals surface area contributed by atoms with Crippen molar-refractivity contribution < 1.29 is 4.79 Å². The molecule has 4 nitrogen and oxygen atoms in total. The van der Waals surface area contributed by atoms with Gasteiger partial charge in [-0.15, -0.1) is 0 Å². The lowest BCUT2D eigenvalue weighted by molar-refractivity contribution is -0.115. The van der Waals surface area contributed by atoms with Gasteiger partial charge in [-0.3, -0.25) is 4.79 Å². The molecule has 1 amide bonds. The number of nitrogens with zero attached hydrogens (tertiary/aromatic N) is 1. The van der Waals surface area contributed by atoms with Crippen LogP contribution in [0.15, 0.2) is 12.1 Å². The van der Waals surface area contributed by atoms with Crippen molar-refractivity contribution in [3.05, 3.63) is 17.7 Å². The summed E-state index contributed by atoms with van der Waals surface area (Å²) in [5.74, 6) is -0.00348. The number of nitrogens with one attached hydrogen (secondary N) is 1. The molecule has 0 saturated carbocycles. The molecule has 4 heteroatoms. The lowest BCUT2D eigenvalue weighted by atomic mass is 9.95. The fourth-order valence-corrected chi connectivity index (χ4v) is 3.24. The third-order valence-corrected chi connectivity index (χ3v) is 4.43. The van der Waals surface area contributed by atoms with Crippen molar-refractivity contribution in [2.75, 3.05) is 16.0 Å². The van der Waals surface area contributed by atoms with Crippen LogP contribution in [0.1, 0.15) is 52.0 Å². The molecule has 1 saturated heterocycles. The number of nitrogen functional groups attached to an aromatic ring is 1. The van der Waals surface area contributed by atoms with E-state index < -0.39 is 0 Å². The maximum Gasteiger partial charge on any atom is 0.224 e. The maximum atomic E-state index is 11.7. The highest BCUT2D eigenvalue weighted by Crippen LogP contribution is 2.35. The van der Waals surface area contributed by atoms with Gasteiger partial charge >= 0.3 is 0 Å². The molecular formula is C17H27N3O. The van der Waals surface area contributed by atoms with Gasteiger partial charge in [0.15, 0.2) is 0 Å². The molecule has 1 fully saturated rings. The van der Waals surface area contributed by atoms with E-state index in [1.54, 1.807) is 0 Å². The molecule has 0 radical (unpaired) electrons. The van der Waals surface area contributed by atoms with Crippen molar-refractivity contribution in [3.63, 3.8) is 0 Å². The van der Waals surface area contributed by atoms with E-state index in [0.29, 0.717) is 24.2 Å². The Bertz CT molecular complexity index is 517. The number of piperidine rings is 1. The number of hydrogen-bond acceptors (Lipinski definition) is 3. The molecule has 116 valence electrons. The molecule has 1 aromatic rings. The molecule has 21 heavy (non-hydrogen) atoms. The first kappa shape index (κ1) is 15.7. The van der Waals surface area contributed by atoms with E-state index in [9.17, 15) is 4.79 Å². The van der Waals surface area contributed by atoms with Gasteiger partial charge in [-0.2, -0.15) is 0 Å². The molecule has 0 aliphatic carbocycles. The summed E-state index contributed by atoms with van der Waals surface area (Å²) >= 11 is 0. The monoisotopic (exact) mass is 289 g/mol. The van der Waals surface area contributed by atoms with Crippen LogP contribution in [0.5, 0.6) is 0 Å². The third kappa shape index (κ3) is 3.31. The van der Waals surface area contributed by atoms with E-state index in [1.165, 1.54) is 30.5 Å². The van der Waals surface area contributed by atoms with E-state index in [2.05, 4.69) is 31.0 Å². The molecule has 1 aliphatic heterocycles. The summed E-state index contributed by atoms with van der Waals surface area (Å²) in [7, 11) is 0. The molecule has 1 heterocycles. The Hall–Kier alpha value is -1.71. The molecule has 1 aliphatic rings. The molecule has 0 aromatic heterocycles. The fourth-order valence-electron chi connectivity index (χ4n) is 3.24. The van der Waals surface area contributed by atoms with Gasteiger partial charge in [0.25, 0.3) is 0 Å². The molecule has 0 unspecified atom stereocenters. The predicted octanol–water partition coefficient (Wildman–Crippen LogP) is 3.69. The van der Waals surface area contributed by atoms with Gasteiger partial charge in [0.1, 0.15) is 0 Å². The Morgan fingerprint density at radius 2 is 1.95 bits per heavy atom. The number of carbonyl (C=O) groups excluding carboxylic acids is 1. The highest BCUT2D eigenvalue weighted by atomic mass is 16.1. The van der Waals surface area contributed by atoms with Gasteiger partial charge in [-0.05, 0) is 57.7 Å². The number of aryl methyl sites for hydroxylation is 1. The molecule has 0 spiro atoms. The van der Waals surface area contributed by atoms with Crippen molar-refractivity contribution in [1.82, 2.24) is 0 Å². The summed E-state index contributed by atoms with van der Waals surface area (Å²) < 4.78 is 0. The minimum absolute atomic E-state index is 0.00348. The second-order valence-electron chi connectivity index (χ2n) is 6.16. The zero-order chi connectivity index (χ0) is 15.6. The Morgan fingerprint density at radius 1 is 1.33 bits per heavy atom. The van der Waals surface area contributed by atoms with Gasteiger partial charge < -0.3 is 16.0 Å². The minimum Gasteiger partial charge on any atom is -0.397 e. The molecule has 1 aromatic carbocycles. The van der Waals surface area contributed by atoms with Crippen molar-refractivity contribution in [2.24, 2.45) is 0 Å². The molecule has 3 N–H and O–H groups in total. The molecule has 2 atom stereocenters. The largest absolute Gasteiger partial charge is 0.397 e. The first-order valence-corrected chi connectivity index (χ1v) is 7.92.